The molecule has 1 saturated carbocycles. The van der Waals surface area contributed by atoms with Crippen molar-refractivity contribution in [1.29, 1.82) is 0 Å². The molecule has 1 amide bonds. The number of hydrogen-bond donors (Lipinski definition) is 2. The van der Waals surface area contributed by atoms with Gasteiger partial charge in [0.15, 0.2) is 0 Å². The van der Waals surface area contributed by atoms with E-state index in [1.807, 2.05) is 0 Å². The number of carbonyl (C=O) groups excluding carboxylic acids is 1. The molecule has 2 fully saturated rings. The van der Waals surface area contributed by atoms with Gasteiger partial charge < -0.3 is 10.6 Å². The van der Waals surface area contributed by atoms with Crippen LogP contribution < -0.4 is 10.6 Å². The highest BCUT2D eigenvalue weighted by Gasteiger charge is 2.53. The highest BCUT2D eigenvalue weighted by molar-refractivity contribution is 7.17. The van der Waals surface area contributed by atoms with Crippen LogP contribution in [0.2, 0.25) is 4.34 Å². The molecule has 16 heavy (non-hydrogen) atoms. The van der Waals surface area contributed by atoms with Gasteiger partial charge in [-0.25, -0.2) is 0 Å². The van der Waals surface area contributed by atoms with Gasteiger partial charge in [0.05, 0.1) is 9.21 Å². The molecule has 2 unspecified atom stereocenters. The van der Waals surface area contributed by atoms with E-state index in [0.29, 0.717) is 27.1 Å². The average molecular weight is 279 g/mol. The van der Waals surface area contributed by atoms with E-state index in [-0.39, 0.29) is 18.3 Å². The van der Waals surface area contributed by atoms with Crippen LogP contribution in [0.25, 0.3) is 0 Å². The number of hydrogen-bond acceptors (Lipinski definition) is 3. The van der Waals surface area contributed by atoms with Gasteiger partial charge in [0, 0.05) is 19.1 Å². The number of halogens is 2. The van der Waals surface area contributed by atoms with Crippen molar-refractivity contribution in [3.63, 3.8) is 0 Å². The van der Waals surface area contributed by atoms with Crippen molar-refractivity contribution in [1.82, 2.24) is 10.6 Å². The molecule has 88 valence electrons. The summed E-state index contributed by atoms with van der Waals surface area (Å²) in [6.45, 7) is 2.08. The molecule has 2 heterocycles. The number of nitrogens with one attached hydrogen (secondary N) is 2. The van der Waals surface area contributed by atoms with E-state index in [1.54, 1.807) is 12.1 Å². The van der Waals surface area contributed by atoms with E-state index >= 15 is 0 Å². The van der Waals surface area contributed by atoms with Crippen molar-refractivity contribution in [2.75, 3.05) is 13.1 Å². The molecule has 2 N–H and O–H groups in total. The molecule has 6 heteroatoms. The largest absolute Gasteiger partial charge is 0.348 e. The third kappa shape index (κ3) is 2.07. The van der Waals surface area contributed by atoms with Crippen molar-refractivity contribution in [3.8, 4) is 0 Å². The lowest BCUT2D eigenvalue weighted by atomic mass is 10.4. The fraction of sp³-hybridized carbons (Fsp3) is 0.500. The van der Waals surface area contributed by atoms with Crippen LogP contribution in [0.3, 0.4) is 0 Å². The Bertz CT molecular complexity index is 399. The first-order chi connectivity index (χ1) is 7.25. The summed E-state index contributed by atoms with van der Waals surface area (Å²) in [6.07, 6.45) is 0. The second-order valence-corrected chi connectivity index (χ2v) is 5.80. The second-order valence-electron chi connectivity index (χ2n) is 4.09. The van der Waals surface area contributed by atoms with Gasteiger partial charge in [-0.05, 0) is 24.0 Å². The number of piperidine rings is 1. The number of thiophene rings is 1. The Morgan fingerprint density at radius 2 is 2.12 bits per heavy atom. The molecule has 0 spiro atoms. The fourth-order valence-electron chi connectivity index (χ4n) is 2.29. The van der Waals surface area contributed by atoms with Gasteiger partial charge in [-0.3, -0.25) is 4.79 Å². The summed E-state index contributed by atoms with van der Waals surface area (Å²) >= 11 is 7.11. The van der Waals surface area contributed by atoms with E-state index in [0.717, 1.165) is 13.1 Å². The minimum absolute atomic E-state index is 0. The van der Waals surface area contributed by atoms with Crippen LogP contribution in [0.5, 0.6) is 0 Å². The van der Waals surface area contributed by atoms with E-state index < -0.39 is 0 Å². The van der Waals surface area contributed by atoms with Gasteiger partial charge in [0.2, 0.25) is 0 Å². The summed E-state index contributed by atoms with van der Waals surface area (Å²) in [5.41, 5.74) is 0. The fourth-order valence-corrected chi connectivity index (χ4v) is 3.24. The van der Waals surface area contributed by atoms with Gasteiger partial charge in [0.1, 0.15) is 0 Å². The topological polar surface area (TPSA) is 41.1 Å². The maximum absolute atomic E-state index is 11.8. The van der Waals surface area contributed by atoms with Crippen LogP contribution in [-0.4, -0.2) is 25.0 Å². The Balaban J connectivity index is 0.000000963. The Kier molecular flexibility index (Phi) is 3.45. The van der Waals surface area contributed by atoms with Crippen LogP contribution in [0, 0.1) is 11.8 Å². The summed E-state index contributed by atoms with van der Waals surface area (Å²) in [5.74, 6) is 1.33. The zero-order valence-electron chi connectivity index (χ0n) is 8.40. The van der Waals surface area contributed by atoms with Gasteiger partial charge in [-0.15, -0.1) is 23.7 Å². The molecule has 0 radical (unpaired) electrons. The molecule has 0 aromatic carbocycles. The summed E-state index contributed by atoms with van der Waals surface area (Å²) in [4.78, 5) is 12.5. The molecule has 1 aliphatic heterocycles. The Hall–Kier alpha value is -0.290. The number of rotatable bonds is 2. The van der Waals surface area contributed by atoms with Crippen molar-refractivity contribution in [2.45, 2.75) is 6.04 Å². The third-order valence-corrected chi connectivity index (χ3v) is 4.42. The van der Waals surface area contributed by atoms with Gasteiger partial charge in [-0.2, -0.15) is 0 Å². The van der Waals surface area contributed by atoms with Crippen LogP contribution in [0.1, 0.15) is 9.67 Å². The zero-order valence-corrected chi connectivity index (χ0v) is 10.8. The van der Waals surface area contributed by atoms with Crippen LogP contribution in [0.4, 0.5) is 0 Å². The quantitative estimate of drug-likeness (QED) is 0.866. The maximum atomic E-state index is 11.8. The van der Waals surface area contributed by atoms with Crippen molar-refractivity contribution in [2.24, 2.45) is 11.8 Å². The molecule has 3 rings (SSSR count). The predicted molar refractivity (Wildman–Crippen MR) is 67.7 cm³/mol. The number of amides is 1. The predicted octanol–water partition coefficient (Wildman–Crippen LogP) is 1.77. The number of fused-ring (bicyclic) bond motifs is 1. The van der Waals surface area contributed by atoms with Gasteiger partial charge in [-0.1, -0.05) is 11.6 Å². The Morgan fingerprint density at radius 1 is 1.44 bits per heavy atom. The highest BCUT2D eigenvalue weighted by Crippen LogP contribution is 2.41. The van der Waals surface area contributed by atoms with E-state index in [1.165, 1.54) is 11.3 Å². The second kappa shape index (κ2) is 4.53. The molecule has 2 aliphatic rings. The number of carbonyl (C=O) groups is 1. The molecule has 1 aliphatic carbocycles. The minimum atomic E-state index is 0. The van der Waals surface area contributed by atoms with Crippen molar-refractivity contribution >= 4 is 41.3 Å². The molecule has 1 aromatic rings. The molecule has 1 saturated heterocycles. The van der Waals surface area contributed by atoms with Crippen molar-refractivity contribution < 1.29 is 4.79 Å². The molecule has 1 aromatic heterocycles. The van der Waals surface area contributed by atoms with E-state index in [4.69, 9.17) is 11.6 Å². The monoisotopic (exact) mass is 278 g/mol. The van der Waals surface area contributed by atoms with Crippen molar-refractivity contribution in [3.05, 3.63) is 21.3 Å². The molecular weight excluding hydrogens is 267 g/mol. The molecular formula is C10H12Cl2N2OS. The zero-order chi connectivity index (χ0) is 10.4. The SMILES string of the molecule is Cl.O=C(NC1C2CNCC21)c1ccc(Cl)s1. The normalized spacial score (nSPS) is 30.4. The molecule has 2 atom stereocenters. The summed E-state index contributed by atoms with van der Waals surface area (Å²) in [5, 5.41) is 6.36. The van der Waals surface area contributed by atoms with Gasteiger partial charge >= 0.3 is 0 Å². The Labute approximate surface area is 109 Å². The van der Waals surface area contributed by atoms with Crippen LogP contribution in [-0.2, 0) is 0 Å². The lowest BCUT2D eigenvalue weighted by Gasteiger charge is -2.05. The van der Waals surface area contributed by atoms with E-state index in [2.05, 4.69) is 10.6 Å². The molecule has 0 bridgehead atoms. The van der Waals surface area contributed by atoms with Crippen LogP contribution in [0.15, 0.2) is 12.1 Å². The summed E-state index contributed by atoms with van der Waals surface area (Å²) < 4.78 is 0.665. The highest BCUT2D eigenvalue weighted by atomic mass is 35.5. The van der Waals surface area contributed by atoms with Gasteiger partial charge in [0.25, 0.3) is 5.91 Å². The first kappa shape index (κ1) is 12.2. The lowest BCUT2D eigenvalue weighted by molar-refractivity contribution is 0.0950. The van der Waals surface area contributed by atoms with Crippen LogP contribution >= 0.6 is 35.3 Å². The summed E-state index contributed by atoms with van der Waals surface area (Å²) in [7, 11) is 0. The Morgan fingerprint density at radius 3 is 2.69 bits per heavy atom. The maximum Gasteiger partial charge on any atom is 0.261 e. The standard InChI is InChI=1S/C10H11ClN2OS.ClH/c11-8-2-1-7(15-8)10(14)13-9-5-3-12-4-6(5)9;/h1-2,5-6,9,12H,3-4H2,(H,13,14);1H. The molecule has 3 nitrogen and oxygen atoms in total. The van der Waals surface area contributed by atoms with E-state index in [9.17, 15) is 4.79 Å². The summed E-state index contributed by atoms with van der Waals surface area (Å²) in [6, 6.07) is 3.93. The minimum Gasteiger partial charge on any atom is -0.348 e. The smallest absolute Gasteiger partial charge is 0.261 e. The lowest BCUT2D eigenvalue weighted by Crippen LogP contribution is -2.32. The first-order valence-corrected chi connectivity index (χ1v) is 6.22. The average Bonchev–Trinajstić information content (AvgIpc) is 2.66. The first-order valence-electron chi connectivity index (χ1n) is 5.02. The third-order valence-electron chi connectivity index (χ3n) is 3.19.